The van der Waals surface area contributed by atoms with Crippen molar-refractivity contribution in [3.8, 4) is 0 Å². The van der Waals surface area contributed by atoms with Gasteiger partial charge in [-0.25, -0.2) is 13.4 Å². The Hall–Kier alpha value is -2.12. The molecule has 3 N–H and O–H groups in total. The van der Waals surface area contributed by atoms with E-state index in [4.69, 9.17) is 5.84 Å². The quantitative estimate of drug-likeness (QED) is 0.664. The maximum Gasteiger partial charge on any atom is 0.265 e. The summed E-state index contributed by atoms with van der Waals surface area (Å²) >= 11 is 0. The number of nitrogen functional groups attached to an aromatic ring is 1. The second kappa shape index (κ2) is 5.71. The van der Waals surface area contributed by atoms with Gasteiger partial charge in [-0.2, -0.15) is 0 Å². The molecule has 0 fully saturated rings. The zero-order chi connectivity index (χ0) is 15.6. The molecule has 0 saturated carbocycles. The lowest BCUT2D eigenvalue weighted by Crippen LogP contribution is -2.28. The molecule has 0 spiro atoms. The molecule has 0 radical (unpaired) electrons. The van der Waals surface area contributed by atoms with Crippen LogP contribution in [0.25, 0.3) is 0 Å². The van der Waals surface area contributed by atoms with Gasteiger partial charge in [0.15, 0.2) is 0 Å². The van der Waals surface area contributed by atoms with Crippen molar-refractivity contribution >= 4 is 21.5 Å². The Bertz CT molecular complexity index is 722. The second-order valence-electron chi connectivity index (χ2n) is 4.74. The summed E-state index contributed by atoms with van der Waals surface area (Å²) in [6, 6.07) is 8.54. The van der Waals surface area contributed by atoms with Gasteiger partial charge in [-0.05, 0) is 49.2 Å². The lowest BCUT2D eigenvalue weighted by molar-refractivity contribution is 0.592. The smallest absolute Gasteiger partial charge is 0.265 e. The number of hydrogen-bond acceptors (Lipinski definition) is 5. The number of pyridine rings is 1. The Kier molecular flexibility index (Phi) is 4.15. The number of sulfonamides is 1. The van der Waals surface area contributed by atoms with Gasteiger partial charge in [0.05, 0.1) is 4.90 Å². The molecule has 0 aliphatic carbocycles. The van der Waals surface area contributed by atoms with E-state index in [9.17, 15) is 8.42 Å². The minimum absolute atomic E-state index is 0.273. The maximum absolute atomic E-state index is 12.8. The van der Waals surface area contributed by atoms with Crippen LogP contribution >= 0.6 is 0 Å². The Morgan fingerprint density at radius 1 is 1.19 bits per heavy atom. The normalized spacial score (nSPS) is 11.2. The van der Waals surface area contributed by atoms with E-state index in [0.29, 0.717) is 22.6 Å². The molecule has 2 aromatic rings. The summed E-state index contributed by atoms with van der Waals surface area (Å²) in [7, 11) is -2.18. The SMILES string of the molecule is Cc1cc(NN)cc(C)c1S(=O)(=O)N(C)c1ccccn1. The van der Waals surface area contributed by atoms with Crippen LogP contribution < -0.4 is 15.6 Å². The predicted molar refractivity (Wildman–Crippen MR) is 83.6 cm³/mol. The topological polar surface area (TPSA) is 88.3 Å². The molecule has 2 rings (SSSR count). The van der Waals surface area contributed by atoms with Gasteiger partial charge < -0.3 is 5.43 Å². The molecule has 0 aliphatic rings. The summed E-state index contributed by atoms with van der Waals surface area (Å²) in [6.07, 6.45) is 1.56. The van der Waals surface area contributed by atoms with Crippen LogP contribution in [0.2, 0.25) is 0 Å². The summed E-state index contributed by atoms with van der Waals surface area (Å²) in [6.45, 7) is 3.49. The van der Waals surface area contributed by atoms with Crippen LogP contribution in [0, 0.1) is 13.8 Å². The van der Waals surface area contributed by atoms with Gasteiger partial charge in [0, 0.05) is 18.9 Å². The van der Waals surface area contributed by atoms with E-state index in [1.165, 1.54) is 11.4 Å². The number of hydrogen-bond donors (Lipinski definition) is 2. The second-order valence-corrected chi connectivity index (χ2v) is 6.65. The summed E-state index contributed by atoms with van der Waals surface area (Å²) in [4.78, 5) is 4.35. The summed E-state index contributed by atoms with van der Waals surface area (Å²) in [5.74, 6) is 5.75. The van der Waals surface area contributed by atoms with Gasteiger partial charge in [0.2, 0.25) is 0 Å². The number of benzene rings is 1. The molecule has 0 unspecified atom stereocenters. The van der Waals surface area contributed by atoms with E-state index < -0.39 is 10.0 Å². The van der Waals surface area contributed by atoms with Crippen LogP contribution in [0.3, 0.4) is 0 Å². The molecule has 0 bridgehead atoms. The van der Waals surface area contributed by atoms with Crippen LogP contribution in [0.5, 0.6) is 0 Å². The van der Waals surface area contributed by atoms with Crippen LogP contribution in [-0.4, -0.2) is 20.4 Å². The van der Waals surface area contributed by atoms with Crippen LogP contribution in [0.4, 0.5) is 11.5 Å². The molecule has 1 heterocycles. The maximum atomic E-state index is 12.8. The first kappa shape index (κ1) is 15.3. The van der Waals surface area contributed by atoms with E-state index >= 15 is 0 Å². The van der Waals surface area contributed by atoms with E-state index in [1.54, 1.807) is 50.4 Å². The summed E-state index contributed by atoms with van der Waals surface area (Å²) < 4.78 is 26.8. The fraction of sp³-hybridized carbons (Fsp3) is 0.214. The molecule has 1 aromatic carbocycles. The molecule has 0 saturated heterocycles. The van der Waals surface area contributed by atoms with Crippen molar-refractivity contribution in [2.45, 2.75) is 18.7 Å². The van der Waals surface area contributed by atoms with Crippen molar-refractivity contribution in [2.75, 3.05) is 16.8 Å². The zero-order valence-corrected chi connectivity index (χ0v) is 13.0. The minimum atomic E-state index is -3.68. The number of nitrogens with one attached hydrogen (secondary N) is 1. The Balaban J connectivity index is 2.55. The summed E-state index contributed by atoms with van der Waals surface area (Å²) in [5.41, 5.74) is 4.46. The van der Waals surface area contributed by atoms with E-state index in [-0.39, 0.29) is 4.90 Å². The van der Waals surface area contributed by atoms with Crippen molar-refractivity contribution in [3.05, 3.63) is 47.7 Å². The monoisotopic (exact) mass is 306 g/mol. The largest absolute Gasteiger partial charge is 0.324 e. The highest BCUT2D eigenvalue weighted by molar-refractivity contribution is 7.92. The highest BCUT2D eigenvalue weighted by Crippen LogP contribution is 2.28. The van der Waals surface area contributed by atoms with Crippen LogP contribution in [0.15, 0.2) is 41.4 Å². The molecule has 21 heavy (non-hydrogen) atoms. The first-order valence-corrected chi connectivity index (χ1v) is 7.79. The lowest BCUT2D eigenvalue weighted by atomic mass is 10.1. The predicted octanol–water partition coefficient (Wildman–Crippen LogP) is 1.81. The summed E-state index contributed by atoms with van der Waals surface area (Å²) in [5, 5.41) is 0. The molecule has 6 nitrogen and oxygen atoms in total. The first-order chi connectivity index (χ1) is 9.87. The van der Waals surface area contributed by atoms with E-state index in [1.807, 2.05) is 0 Å². The third-order valence-corrected chi connectivity index (χ3v) is 5.29. The number of nitrogens with two attached hydrogens (primary N) is 1. The molecular weight excluding hydrogens is 288 g/mol. The van der Waals surface area contributed by atoms with Crippen molar-refractivity contribution < 1.29 is 8.42 Å². The third-order valence-electron chi connectivity index (χ3n) is 3.22. The molecule has 112 valence electrons. The number of aromatic nitrogens is 1. The van der Waals surface area contributed by atoms with Gasteiger partial charge in [-0.3, -0.25) is 10.1 Å². The fourth-order valence-corrected chi connectivity index (χ4v) is 3.80. The van der Waals surface area contributed by atoms with Gasteiger partial charge in [0.1, 0.15) is 5.82 Å². The van der Waals surface area contributed by atoms with Crippen molar-refractivity contribution in [1.29, 1.82) is 0 Å². The average molecular weight is 306 g/mol. The Labute approximate surface area is 124 Å². The van der Waals surface area contributed by atoms with Crippen molar-refractivity contribution in [3.63, 3.8) is 0 Å². The number of hydrazine groups is 1. The van der Waals surface area contributed by atoms with Gasteiger partial charge in [-0.1, -0.05) is 6.07 Å². The van der Waals surface area contributed by atoms with Crippen molar-refractivity contribution in [2.24, 2.45) is 5.84 Å². The van der Waals surface area contributed by atoms with Crippen LogP contribution in [0.1, 0.15) is 11.1 Å². The zero-order valence-electron chi connectivity index (χ0n) is 12.2. The number of aryl methyl sites for hydroxylation is 2. The minimum Gasteiger partial charge on any atom is -0.324 e. The molecule has 0 aliphatic heterocycles. The fourth-order valence-electron chi connectivity index (χ4n) is 2.24. The molecular formula is C14H18N4O2S. The molecule has 0 atom stereocenters. The first-order valence-electron chi connectivity index (χ1n) is 6.35. The third kappa shape index (κ3) is 2.84. The Morgan fingerprint density at radius 2 is 1.81 bits per heavy atom. The number of rotatable bonds is 4. The highest BCUT2D eigenvalue weighted by atomic mass is 32.2. The van der Waals surface area contributed by atoms with Gasteiger partial charge in [0.25, 0.3) is 10.0 Å². The Morgan fingerprint density at radius 3 is 2.29 bits per heavy atom. The van der Waals surface area contributed by atoms with Gasteiger partial charge >= 0.3 is 0 Å². The average Bonchev–Trinajstić information content (AvgIpc) is 2.46. The molecule has 1 aromatic heterocycles. The molecule has 7 heteroatoms. The molecule has 0 amide bonds. The number of anilines is 2. The van der Waals surface area contributed by atoms with Crippen LogP contribution in [-0.2, 0) is 10.0 Å². The number of nitrogens with zero attached hydrogens (tertiary/aromatic N) is 2. The van der Waals surface area contributed by atoms with Gasteiger partial charge in [-0.15, -0.1) is 0 Å². The standard InChI is InChI=1S/C14H18N4O2S/c1-10-8-12(17-15)9-11(2)14(10)21(19,20)18(3)13-6-4-5-7-16-13/h4-9,17H,15H2,1-3H3. The van der Waals surface area contributed by atoms with E-state index in [2.05, 4.69) is 10.4 Å². The lowest BCUT2D eigenvalue weighted by Gasteiger charge is -2.21. The highest BCUT2D eigenvalue weighted by Gasteiger charge is 2.26. The van der Waals surface area contributed by atoms with E-state index in [0.717, 1.165) is 0 Å². The van der Waals surface area contributed by atoms with Crippen molar-refractivity contribution in [1.82, 2.24) is 4.98 Å².